The summed E-state index contributed by atoms with van der Waals surface area (Å²) in [5.74, 6) is -0.196. The minimum absolute atomic E-state index is 0.00172. The molecule has 0 spiro atoms. The normalized spacial score (nSPS) is 24.9. The van der Waals surface area contributed by atoms with Crippen molar-refractivity contribution in [3.05, 3.63) is 23.8 Å². The predicted octanol–water partition coefficient (Wildman–Crippen LogP) is -0.0480. The molecule has 2 aliphatic rings. The summed E-state index contributed by atoms with van der Waals surface area (Å²) in [6, 6.07) is 4.60. The zero-order valence-electron chi connectivity index (χ0n) is 16.5. The van der Waals surface area contributed by atoms with Crippen molar-refractivity contribution in [3.63, 3.8) is 0 Å². The van der Waals surface area contributed by atoms with Crippen molar-refractivity contribution in [1.29, 1.82) is 0 Å². The van der Waals surface area contributed by atoms with Crippen molar-refractivity contribution in [2.24, 2.45) is 0 Å². The SMILES string of the molecule is COc1ccc(CC(=O)NC2(C)CCS(=O)(=O)C2)cc1S(=O)(=O)N1CCOCC1. The monoisotopic (exact) mass is 446 g/mol. The number of carbonyl (C=O) groups is 1. The van der Waals surface area contributed by atoms with Gasteiger partial charge in [0, 0.05) is 13.1 Å². The van der Waals surface area contributed by atoms with Gasteiger partial charge in [-0.15, -0.1) is 0 Å². The first-order valence-corrected chi connectivity index (χ1v) is 12.6. The first-order valence-electron chi connectivity index (χ1n) is 9.31. The van der Waals surface area contributed by atoms with Crippen LogP contribution in [0.15, 0.2) is 23.1 Å². The summed E-state index contributed by atoms with van der Waals surface area (Å²) in [5.41, 5.74) is -0.301. The fourth-order valence-electron chi connectivity index (χ4n) is 3.63. The summed E-state index contributed by atoms with van der Waals surface area (Å²) < 4.78 is 61.3. The van der Waals surface area contributed by atoms with Gasteiger partial charge in [0.1, 0.15) is 10.6 Å². The maximum absolute atomic E-state index is 13.0. The van der Waals surface area contributed by atoms with Gasteiger partial charge in [-0.1, -0.05) is 6.07 Å². The summed E-state index contributed by atoms with van der Waals surface area (Å²) in [5, 5.41) is 2.78. The Morgan fingerprint density at radius 1 is 1.31 bits per heavy atom. The van der Waals surface area contributed by atoms with Gasteiger partial charge in [0.15, 0.2) is 9.84 Å². The summed E-state index contributed by atoms with van der Waals surface area (Å²) in [7, 11) is -5.55. The van der Waals surface area contributed by atoms with Gasteiger partial charge < -0.3 is 14.8 Å². The van der Waals surface area contributed by atoms with E-state index in [0.29, 0.717) is 25.2 Å². The van der Waals surface area contributed by atoms with Crippen LogP contribution in [-0.2, 0) is 35.8 Å². The third kappa shape index (κ3) is 5.08. The van der Waals surface area contributed by atoms with Crippen LogP contribution in [0.3, 0.4) is 0 Å². The number of sulfone groups is 1. The van der Waals surface area contributed by atoms with E-state index in [1.165, 1.54) is 23.5 Å². The molecule has 1 atom stereocenters. The summed E-state index contributed by atoms with van der Waals surface area (Å²) in [4.78, 5) is 12.5. The molecule has 29 heavy (non-hydrogen) atoms. The van der Waals surface area contributed by atoms with Crippen LogP contribution in [0.2, 0.25) is 0 Å². The third-order valence-electron chi connectivity index (χ3n) is 5.13. The molecule has 9 nitrogen and oxygen atoms in total. The van der Waals surface area contributed by atoms with E-state index < -0.39 is 25.4 Å². The molecule has 3 rings (SSSR count). The number of nitrogens with one attached hydrogen (secondary N) is 1. The topological polar surface area (TPSA) is 119 Å². The zero-order valence-corrected chi connectivity index (χ0v) is 18.1. The van der Waals surface area contributed by atoms with Gasteiger partial charge in [-0.25, -0.2) is 16.8 Å². The quantitative estimate of drug-likeness (QED) is 0.651. The number of rotatable bonds is 6. The highest BCUT2D eigenvalue weighted by Gasteiger charge is 2.39. The lowest BCUT2D eigenvalue weighted by Gasteiger charge is -2.27. The van der Waals surface area contributed by atoms with Gasteiger partial charge >= 0.3 is 0 Å². The lowest BCUT2D eigenvalue weighted by Crippen LogP contribution is -2.47. The Hall–Kier alpha value is -1.69. The number of nitrogens with zero attached hydrogens (tertiary/aromatic N) is 1. The van der Waals surface area contributed by atoms with Crippen LogP contribution in [0.5, 0.6) is 5.75 Å². The molecule has 1 amide bonds. The minimum atomic E-state index is -3.80. The van der Waals surface area contributed by atoms with Crippen molar-refractivity contribution < 1.29 is 31.1 Å². The second-order valence-corrected chi connectivity index (χ2v) is 11.7. The Bertz CT molecular complexity index is 985. The summed E-state index contributed by atoms with van der Waals surface area (Å²) >= 11 is 0. The number of benzene rings is 1. The fraction of sp³-hybridized carbons (Fsp3) is 0.611. The highest BCUT2D eigenvalue weighted by Crippen LogP contribution is 2.29. The molecular weight excluding hydrogens is 420 g/mol. The summed E-state index contributed by atoms with van der Waals surface area (Å²) in [6.07, 6.45) is 0.297. The van der Waals surface area contributed by atoms with Crippen molar-refractivity contribution in [2.75, 3.05) is 44.9 Å². The van der Waals surface area contributed by atoms with Crippen LogP contribution >= 0.6 is 0 Å². The van der Waals surface area contributed by atoms with Crippen molar-refractivity contribution in [1.82, 2.24) is 9.62 Å². The number of morpholine rings is 1. The molecule has 0 bridgehead atoms. The molecule has 11 heteroatoms. The van der Waals surface area contributed by atoms with Crippen LogP contribution in [0.4, 0.5) is 0 Å². The maximum atomic E-state index is 13.0. The van der Waals surface area contributed by atoms with E-state index in [1.807, 2.05) is 0 Å². The van der Waals surface area contributed by atoms with Gasteiger partial charge in [0.25, 0.3) is 0 Å². The molecule has 1 aromatic carbocycles. The van der Waals surface area contributed by atoms with E-state index in [4.69, 9.17) is 9.47 Å². The molecule has 162 valence electrons. The van der Waals surface area contributed by atoms with Gasteiger partial charge in [-0.05, 0) is 31.0 Å². The first kappa shape index (κ1) is 22.0. The average Bonchev–Trinajstić information content (AvgIpc) is 2.94. The zero-order chi connectivity index (χ0) is 21.3. The maximum Gasteiger partial charge on any atom is 0.246 e. The molecule has 1 aromatic rings. The minimum Gasteiger partial charge on any atom is -0.495 e. The Kier molecular flexibility index (Phi) is 6.23. The van der Waals surface area contributed by atoms with Crippen LogP contribution < -0.4 is 10.1 Å². The highest BCUT2D eigenvalue weighted by atomic mass is 32.2. The molecule has 0 aromatic heterocycles. The van der Waals surface area contributed by atoms with Crippen LogP contribution in [0, 0.1) is 0 Å². The smallest absolute Gasteiger partial charge is 0.246 e. The lowest BCUT2D eigenvalue weighted by atomic mass is 10.0. The molecule has 2 saturated heterocycles. The largest absolute Gasteiger partial charge is 0.495 e. The fourth-order valence-corrected chi connectivity index (χ4v) is 7.34. The van der Waals surface area contributed by atoms with Gasteiger partial charge in [-0.2, -0.15) is 4.31 Å². The molecule has 0 radical (unpaired) electrons. The lowest BCUT2D eigenvalue weighted by molar-refractivity contribution is -0.121. The Balaban J connectivity index is 1.79. The number of ether oxygens (including phenoxy) is 2. The van der Waals surface area contributed by atoms with E-state index in [9.17, 15) is 21.6 Å². The molecule has 1 unspecified atom stereocenters. The van der Waals surface area contributed by atoms with Crippen molar-refractivity contribution in [3.8, 4) is 5.75 Å². The van der Waals surface area contributed by atoms with E-state index in [0.717, 1.165) is 0 Å². The number of carbonyl (C=O) groups excluding carboxylic acids is 1. The van der Waals surface area contributed by atoms with E-state index in [1.54, 1.807) is 13.0 Å². The van der Waals surface area contributed by atoms with E-state index >= 15 is 0 Å². The predicted molar refractivity (Wildman–Crippen MR) is 106 cm³/mol. The van der Waals surface area contributed by atoms with Gasteiger partial charge in [0.2, 0.25) is 15.9 Å². The second kappa shape index (κ2) is 8.21. The number of amides is 1. The highest BCUT2D eigenvalue weighted by molar-refractivity contribution is 7.91. The Labute approximate surface area is 171 Å². The molecule has 2 fully saturated rings. The molecule has 1 N–H and O–H groups in total. The Morgan fingerprint density at radius 3 is 2.59 bits per heavy atom. The van der Waals surface area contributed by atoms with Crippen molar-refractivity contribution >= 4 is 25.8 Å². The second-order valence-electron chi connectivity index (χ2n) is 7.63. The molecule has 0 aliphatic carbocycles. The number of hydrogen-bond donors (Lipinski definition) is 1. The number of methoxy groups -OCH3 is 1. The van der Waals surface area contributed by atoms with Crippen molar-refractivity contribution in [2.45, 2.75) is 30.2 Å². The van der Waals surface area contributed by atoms with E-state index in [-0.39, 0.29) is 47.6 Å². The number of hydrogen-bond acceptors (Lipinski definition) is 7. The molecule has 0 saturated carbocycles. The van der Waals surface area contributed by atoms with Gasteiger partial charge in [-0.3, -0.25) is 4.79 Å². The Morgan fingerprint density at radius 2 is 2.00 bits per heavy atom. The summed E-state index contributed by atoms with van der Waals surface area (Å²) in [6.45, 7) is 2.86. The third-order valence-corrected chi connectivity index (χ3v) is 8.95. The van der Waals surface area contributed by atoms with Crippen LogP contribution in [-0.4, -0.2) is 77.5 Å². The number of sulfonamides is 1. The van der Waals surface area contributed by atoms with Crippen LogP contribution in [0.1, 0.15) is 18.9 Å². The molecule has 2 aliphatic heterocycles. The molecular formula is C18H26N2O7S2. The van der Waals surface area contributed by atoms with E-state index in [2.05, 4.69) is 5.32 Å². The average molecular weight is 447 g/mol. The molecule has 2 heterocycles. The van der Waals surface area contributed by atoms with Gasteiger partial charge in [0.05, 0.1) is 43.8 Å². The first-order chi connectivity index (χ1) is 13.5. The standard InChI is InChI=1S/C18H26N2O7S2/c1-18(5-10-28(22,23)13-18)19-17(21)12-14-3-4-15(26-2)16(11-14)29(24,25)20-6-8-27-9-7-20/h3-4,11H,5-10,12-13H2,1-2H3,(H,19,21). The van der Waals surface area contributed by atoms with Crippen LogP contribution in [0.25, 0.3) is 0 Å².